The summed E-state index contributed by atoms with van der Waals surface area (Å²) >= 11 is 0. The molecule has 0 N–H and O–H groups in total. The maximum absolute atomic E-state index is 6.00. The predicted octanol–water partition coefficient (Wildman–Crippen LogP) is 5.22. The van der Waals surface area contributed by atoms with Crippen LogP contribution < -0.4 is 4.74 Å². The number of hydrogen-bond acceptors (Lipinski definition) is 1. The Hall–Kier alpha value is -1.42. The lowest BCUT2D eigenvalue weighted by Gasteiger charge is -2.24. The summed E-state index contributed by atoms with van der Waals surface area (Å²) in [4.78, 5) is 0. The van der Waals surface area contributed by atoms with Gasteiger partial charge < -0.3 is 4.74 Å². The molecule has 1 atom stereocenters. The lowest BCUT2D eigenvalue weighted by Crippen LogP contribution is -2.16. The zero-order valence-corrected chi connectivity index (χ0v) is 14.7. The molecule has 1 aromatic rings. The van der Waals surface area contributed by atoms with Crippen LogP contribution in [0.25, 0.3) is 0 Å². The van der Waals surface area contributed by atoms with E-state index in [4.69, 9.17) is 4.74 Å². The molecule has 0 amide bonds. The van der Waals surface area contributed by atoms with E-state index >= 15 is 0 Å². The highest BCUT2D eigenvalue weighted by molar-refractivity contribution is 5.42. The molecule has 0 fully saturated rings. The Bertz CT molecular complexity index is 509. The summed E-state index contributed by atoms with van der Waals surface area (Å²) < 4.78 is 6.00. The molecule has 21 heavy (non-hydrogen) atoms. The average molecular weight is 286 g/mol. The van der Waals surface area contributed by atoms with Gasteiger partial charge in [0.1, 0.15) is 5.75 Å². The molecule has 1 aromatic carbocycles. The van der Waals surface area contributed by atoms with Crippen LogP contribution in [0.1, 0.15) is 59.6 Å². The third-order valence-corrected chi connectivity index (χ3v) is 3.36. The van der Waals surface area contributed by atoms with E-state index in [0.29, 0.717) is 11.8 Å². The molecular weight excluding hydrogens is 256 g/mol. The van der Waals surface area contributed by atoms with E-state index in [2.05, 4.69) is 71.6 Å². The zero-order valence-electron chi connectivity index (χ0n) is 14.7. The summed E-state index contributed by atoms with van der Waals surface area (Å²) in [7, 11) is 0. The quantitative estimate of drug-likeness (QED) is 0.674. The second kappa shape index (κ2) is 7.55. The van der Waals surface area contributed by atoms with Crippen LogP contribution in [0.3, 0.4) is 0 Å². The minimum absolute atomic E-state index is 0.0853. The molecular formula is C20H30O. The first-order valence-corrected chi connectivity index (χ1v) is 7.92. The first-order valence-electron chi connectivity index (χ1n) is 7.92. The molecule has 1 heteroatoms. The molecule has 0 aromatic heterocycles. The first kappa shape index (κ1) is 17.6. The van der Waals surface area contributed by atoms with Gasteiger partial charge >= 0.3 is 0 Å². The van der Waals surface area contributed by atoms with E-state index < -0.39 is 0 Å². The van der Waals surface area contributed by atoms with Gasteiger partial charge in [0.05, 0.1) is 6.61 Å². The summed E-state index contributed by atoms with van der Waals surface area (Å²) in [5, 5.41) is 0. The molecule has 0 aliphatic carbocycles. The highest BCUT2D eigenvalue weighted by Crippen LogP contribution is 2.33. The van der Waals surface area contributed by atoms with Crippen LogP contribution in [0.15, 0.2) is 18.2 Å². The van der Waals surface area contributed by atoms with Crippen molar-refractivity contribution in [2.75, 3.05) is 6.61 Å². The summed E-state index contributed by atoms with van der Waals surface area (Å²) in [5.41, 5.74) is 2.71. The highest BCUT2D eigenvalue weighted by atomic mass is 16.5. The molecule has 0 saturated heterocycles. The minimum atomic E-state index is 0.0853. The molecule has 1 nitrogen and oxygen atoms in total. The standard InChI is InChI=1S/C20H30O/c1-8-9-16(4)12-17-10-11-19(21-14-15(2)3)18(13-17)20(5,6)7/h10-11,13,15-16H,12,14H2,1-7H3. The maximum Gasteiger partial charge on any atom is 0.123 e. The van der Waals surface area contributed by atoms with Crippen LogP contribution in [-0.2, 0) is 11.8 Å². The minimum Gasteiger partial charge on any atom is -0.493 e. The predicted molar refractivity (Wildman–Crippen MR) is 91.8 cm³/mol. The SMILES string of the molecule is CC#CC(C)Cc1ccc(OCC(C)C)c(C(C)(C)C)c1. The number of hydrogen-bond donors (Lipinski definition) is 0. The number of ether oxygens (including phenoxy) is 1. The first-order chi connectivity index (χ1) is 9.74. The molecule has 0 saturated carbocycles. The summed E-state index contributed by atoms with van der Waals surface area (Å²) in [5.74, 6) is 8.18. The van der Waals surface area contributed by atoms with Crippen LogP contribution in [0.4, 0.5) is 0 Å². The zero-order chi connectivity index (χ0) is 16.0. The molecule has 1 rings (SSSR count). The van der Waals surface area contributed by atoms with Crippen LogP contribution >= 0.6 is 0 Å². The Balaban J connectivity index is 3.03. The third kappa shape index (κ3) is 5.84. The van der Waals surface area contributed by atoms with E-state index in [0.717, 1.165) is 18.8 Å². The Labute approximate surface area is 131 Å². The van der Waals surface area contributed by atoms with Crippen LogP contribution in [-0.4, -0.2) is 6.61 Å². The summed E-state index contributed by atoms with van der Waals surface area (Å²) in [6.45, 7) is 15.9. The van der Waals surface area contributed by atoms with Gasteiger partial charge in [-0.2, -0.15) is 0 Å². The lowest BCUT2D eigenvalue weighted by molar-refractivity contribution is 0.265. The largest absolute Gasteiger partial charge is 0.493 e. The highest BCUT2D eigenvalue weighted by Gasteiger charge is 2.20. The van der Waals surface area contributed by atoms with Crippen LogP contribution in [0.2, 0.25) is 0 Å². The number of rotatable bonds is 5. The Kier molecular flexibility index (Phi) is 6.34. The Morgan fingerprint density at radius 1 is 1.14 bits per heavy atom. The van der Waals surface area contributed by atoms with Gasteiger partial charge in [0.15, 0.2) is 0 Å². The average Bonchev–Trinajstić information content (AvgIpc) is 2.36. The van der Waals surface area contributed by atoms with E-state index in [1.807, 2.05) is 6.92 Å². The maximum atomic E-state index is 6.00. The van der Waals surface area contributed by atoms with Crippen molar-refractivity contribution in [3.8, 4) is 17.6 Å². The van der Waals surface area contributed by atoms with E-state index in [1.54, 1.807) is 0 Å². The van der Waals surface area contributed by atoms with E-state index in [9.17, 15) is 0 Å². The molecule has 116 valence electrons. The second-order valence-corrected chi connectivity index (χ2v) is 7.28. The molecule has 0 aliphatic rings. The van der Waals surface area contributed by atoms with E-state index in [1.165, 1.54) is 11.1 Å². The number of benzene rings is 1. The Morgan fingerprint density at radius 2 is 1.81 bits per heavy atom. The van der Waals surface area contributed by atoms with Crippen molar-refractivity contribution in [2.24, 2.45) is 11.8 Å². The van der Waals surface area contributed by atoms with Gasteiger partial charge in [-0.1, -0.05) is 53.7 Å². The van der Waals surface area contributed by atoms with Gasteiger partial charge in [0.2, 0.25) is 0 Å². The van der Waals surface area contributed by atoms with Gasteiger partial charge in [-0.05, 0) is 41.9 Å². The van der Waals surface area contributed by atoms with Crippen molar-refractivity contribution in [3.63, 3.8) is 0 Å². The second-order valence-electron chi connectivity index (χ2n) is 7.28. The van der Waals surface area contributed by atoms with Crippen molar-refractivity contribution in [2.45, 2.75) is 60.3 Å². The fourth-order valence-electron chi connectivity index (χ4n) is 2.32. The van der Waals surface area contributed by atoms with Crippen molar-refractivity contribution in [3.05, 3.63) is 29.3 Å². The van der Waals surface area contributed by atoms with E-state index in [-0.39, 0.29) is 5.41 Å². The normalized spacial score (nSPS) is 12.8. The monoisotopic (exact) mass is 286 g/mol. The molecule has 0 spiro atoms. The van der Waals surface area contributed by atoms with Crippen molar-refractivity contribution in [1.29, 1.82) is 0 Å². The molecule has 0 aliphatic heterocycles. The van der Waals surface area contributed by atoms with Gasteiger partial charge in [0, 0.05) is 5.92 Å². The van der Waals surface area contributed by atoms with Crippen molar-refractivity contribution >= 4 is 0 Å². The molecule has 0 heterocycles. The van der Waals surface area contributed by atoms with Gasteiger partial charge in [-0.25, -0.2) is 0 Å². The summed E-state index contributed by atoms with van der Waals surface area (Å²) in [6.07, 6.45) is 0.994. The topological polar surface area (TPSA) is 9.23 Å². The Morgan fingerprint density at radius 3 is 2.33 bits per heavy atom. The summed E-state index contributed by atoms with van der Waals surface area (Å²) in [6, 6.07) is 6.60. The van der Waals surface area contributed by atoms with Crippen molar-refractivity contribution < 1.29 is 4.74 Å². The lowest BCUT2D eigenvalue weighted by atomic mass is 9.84. The van der Waals surface area contributed by atoms with Crippen molar-refractivity contribution in [1.82, 2.24) is 0 Å². The smallest absolute Gasteiger partial charge is 0.123 e. The molecule has 0 bridgehead atoms. The molecule has 0 radical (unpaired) electrons. The fourth-order valence-corrected chi connectivity index (χ4v) is 2.32. The van der Waals surface area contributed by atoms with Crippen LogP contribution in [0, 0.1) is 23.7 Å². The third-order valence-electron chi connectivity index (χ3n) is 3.36. The fraction of sp³-hybridized carbons (Fsp3) is 0.600. The van der Waals surface area contributed by atoms with Crippen LogP contribution in [0.5, 0.6) is 5.75 Å². The van der Waals surface area contributed by atoms with Gasteiger partial charge in [-0.15, -0.1) is 11.8 Å². The van der Waals surface area contributed by atoms with Gasteiger partial charge in [0.25, 0.3) is 0 Å². The molecule has 1 unspecified atom stereocenters. The van der Waals surface area contributed by atoms with Gasteiger partial charge in [-0.3, -0.25) is 0 Å².